The molecule has 1 N–H and O–H groups in total. The fourth-order valence-electron chi connectivity index (χ4n) is 9.15. The molecule has 1 unspecified atom stereocenters. The molecule has 4 amide bonds. The van der Waals surface area contributed by atoms with Crippen molar-refractivity contribution in [3.63, 3.8) is 0 Å². The highest BCUT2D eigenvalue weighted by atomic mass is 16.5. The van der Waals surface area contributed by atoms with Crippen LogP contribution >= 0.6 is 0 Å². The normalized spacial score (nSPS) is 17.1. The van der Waals surface area contributed by atoms with Crippen LogP contribution in [0.5, 0.6) is 23.0 Å². The fourth-order valence-corrected chi connectivity index (χ4v) is 9.15. The van der Waals surface area contributed by atoms with Gasteiger partial charge in [0.1, 0.15) is 42.9 Å². The number of esters is 1. The molecule has 4 aromatic carbocycles. The Bertz CT molecular complexity index is 2580. The molecular weight excluding hydrogens is 895 g/mol. The van der Waals surface area contributed by atoms with Crippen molar-refractivity contribution < 1.29 is 57.2 Å². The molecule has 4 aromatic rings. The average Bonchev–Trinajstić information content (AvgIpc) is 3.63. The van der Waals surface area contributed by atoms with Crippen molar-refractivity contribution in [2.45, 2.75) is 108 Å². The van der Waals surface area contributed by atoms with Crippen LogP contribution in [0.25, 0.3) is 0 Å². The van der Waals surface area contributed by atoms with Gasteiger partial charge < -0.3 is 33.9 Å². The van der Waals surface area contributed by atoms with Gasteiger partial charge in [0, 0.05) is 25.1 Å². The van der Waals surface area contributed by atoms with Crippen molar-refractivity contribution in [3.05, 3.63) is 131 Å². The molecule has 70 heavy (non-hydrogen) atoms. The number of ether oxygens (including phenoxy) is 5. The minimum absolute atomic E-state index is 0.0440. The second-order valence-electron chi connectivity index (χ2n) is 17.9. The number of ketones is 2. The molecule has 15 heteroatoms. The first-order valence-corrected chi connectivity index (χ1v) is 24.1. The van der Waals surface area contributed by atoms with Crippen molar-refractivity contribution in [2.75, 3.05) is 34.0 Å². The maximum Gasteiger partial charge on any atom is 0.329 e. The molecule has 368 valence electrons. The van der Waals surface area contributed by atoms with Crippen LogP contribution in [0.1, 0.15) is 121 Å². The lowest BCUT2D eigenvalue weighted by atomic mass is 9.99. The Balaban J connectivity index is 0.875. The highest BCUT2D eigenvalue weighted by molar-refractivity contribution is 6.24. The second kappa shape index (κ2) is 24.3. The van der Waals surface area contributed by atoms with Gasteiger partial charge in [-0.1, -0.05) is 74.0 Å². The largest absolute Gasteiger partial charge is 0.493 e. The van der Waals surface area contributed by atoms with Gasteiger partial charge in [0.15, 0.2) is 23.1 Å². The number of likely N-dealkylation sites (tertiary alicyclic amines) is 1. The minimum atomic E-state index is -0.954. The number of carbonyl (C=O) groups excluding carboxylic acids is 7. The van der Waals surface area contributed by atoms with Crippen LogP contribution in [0.4, 0.5) is 0 Å². The number of allylic oxidation sites excluding steroid dienone is 1. The Hall–Kier alpha value is -7.29. The maximum absolute atomic E-state index is 14.1. The predicted octanol–water partition coefficient (Wildman–Crippen LogP) is 7.87. The molecule has 0 bridgehead atoms. The smallest absolute Gasteiger partial charge is 0.329 e. The molecule has 7 rings (SSSR count). The number of Topliss-reactive ketones (excluding diaryl/α,β-unsaturated/α-hetero) is 2. The summed E-state index contributed by atoms with van der Waals surface area (Å²) in [5, 5.41) is 2.61. The molecule has 0 radical (unpaired) electrons. The zero-order valence-corrected chi connectivity index (χ0v) is 39.9. The summed E-state index contributed by atoms with van der Waals surface area (Å²) in [6, 6.07) is 25.3. The zero-order valence-electron chi connectivity index (χ0n) is 39.9. The standard InChI is InChI=1S/C55H61N3O12/c1-36-24-27-44(52(62)56-36)58-53(63)43-21-14-23-48(51(43)54(58)64)69-35-41(60)19-10-5-4-9-18-40(59)34-68-42-20-13-17-39(33-42)46(28-25-38-26-29-47(66-2)49(31-38)67-3)70-55(65)45-22-11-12-30-57(45)50(61)32-37-15-7-6-8-16-37/h6-8,13-17,20-21,23,26,29,31,33,44-46H,1,4-5,9-12,18-19,22,24-25,27-28,30,32,34-35H2,2-3H3,(H,56,62)/t44?,45-,46+/m0/s1. The number of nitrogens with zero attached hydrogens (tertiary/aromatic N) is 2. The number of unbranched alkanes of at least 4 members (excludes halogenated alkanes) is 3. The summed E-state index contributed by atoms with van der Waals surface area (Å²) in [4.78, 5) is 95.1. The minimum Gasteiger partial charge on any atom is -0.493 e. The maximum atomic E-state index is 14.1. The topological polar surface area (TPSA) is 184 Å². The third-order valence-electron chi connectivity index (χ3n) is 12.9. The summed E-state index contributed by atoms with van der Waals surface area (Å²) in [6.07, 6.45) is 6.46. The molecule has 0 spiro atoms. The number of aryl methyl sites for hydroxylation is 1. The average molecular weight is 956 g/mol. The van der Waals surface area contributed by atoms with E-state index >= 15 is 0 Å². The number of imide groups is 1. The van der Waals surface area contributed by atoms with E-state index in [4.69, 9.17) is 23.7 Å². The number of rotatable bonds is 24. The van der Waals surface area contributed by atoms with Gasteiger partial charge in [-0.3, -0.25) is 33.7 Å². The third-order valence-corrected chi connectivity index (χ3v) is 12.9. The molecule has 2 saturated heterocycles. The summed E-state index contributed by atoms with van der Waals surface area (Å²) in [5.41, 5.74) is 3.23. The van der Waals surface area contributed by atoms with E-state index in [0.717, 1.165) is 35.3 Å². The van der Waals surface area contributed by atoms with Gasteiger partial charge in [-0.25, -0.2) is 4.79 Å². The summed E-state index contributed by atoms with van der Waals surface area (Å²) < 4.78 is 29.0. The van der Waals surface area contributed by atoms with Gasteiger partial charge in [-0.2, -0.15) is 0 Å². The van der Waals surface area contributed by atoms with E-state index in [0.29, 0.717) is 86.4 Å². The molecule has 15 nitrogen and oxygen atoms in total. The lowest BCUT2D eigenvalue weighted by Crippen LogP contribution is -2.51. The van der Waals surface area contributed by atoms with Crippen molar-refractivity contribution in [2.24, 2.45) is 0 Å². The number of benzene rings is 4. The highest BCUT2D eigenvalue weighted by Gasteiger charge is 2.45. The van der Waals surface area contributed by atoms with Crippen LogP contribution in [-0.4, -0.2) is 97.0 Å². The Labute approximate surface area is 408 Å². The van der Waals surface area contributed by atoms with Gasteiger partial charge in [0.05, 0.1) is 31.8 Å². The van der Waals surface area contributed by atoms with E-state index in [-0.39, 0.29) is 66.8 Å². The SMILES string of the molecule is C=C1CCC(N2C(=O)c3cccc(OCC(=O)CCCCCCC(=O)COc4cccc([C@@H](CCc5ccc(OC)c(OC)c5)OC(=O)[C@@H]5CCCCN5C(=O)Cc5ccccc5)c4)c3C2=O)C(=O)N1. The van der Waals surface area contributed by atoms with Crippen LogP contribution in [0.15, 0.2) is 103 Å². The van der Waals surface area contributed by atoms with Crippen LogP contribution < -0.4 is 24.3 Å². The van der Waals surface area contributed by atoms with Crippen LogP contribution in [0, 0.1) is 0 Å². The number of piperidine rings is 2. The van der Waals surface area contributed by atoms with Crippen LogP contribution in [0.2, 0.25) is 0 Å². The molecule has 2 fully saturated rings. The predicted molar refractivity (Wildman–Crippen MR) is 259 cm³/mol. The molecule has 0 aliphatic carbocycles. The number of amides is 4. The molecule has 0 aromatic heterocycles. The lowest BCUT2D eigenvalue weighted by Gasteiger charge is -2.35. The first kappa shape index (κ1) is 50.6. The molecule has 3 aliphatic rings. The number of hydrogen-bond donors (Lipinski definition) is 1. The Morgan fingerprint density at radius 3 is 2.19 bits per heavy atom. The first-order chi connectivity index (χ1) is 33.9. The second-order valence-corrected chi connectivity index (χ2v) is 17.9. The number of fused-ring (bicyclic) bond motifs is 1. The number of hydrogen-bond acceptors (Lipinski definition) is 12. The van der Waals surface area contributed by atoms with Gasteiger partial charge in [0.2, 0.25) is 11.8 Å². The third kappa shape index (κ3) is 12.9. The summed E-state index contributed by atoms with van der Waals surface area (Å²) in [6.45, 7) is 3.80. The van der Waals surface area contributed by atoms with Crippen molar-refractivity contribution in [1.29, 1.82) is 0 Å². The van der Waals surface area contributed by atoms with E-state index in [2.05, 4.69) is 11.9 Å². The first-order valence-electron chi connectivity index (χ1n) is 24.1. The molecule has 3 heterocycles. The summed E-state index contributed by atoms with van der Waals surface area (Å²) in [5.74, 6) is -0.761. The van der Waals surface area contributed by atoms with E-state index in [1.807, 2.05) is 54.6 Å². The van der Waals surface area contributed by atoms with E-state index < -0.39 is 41.9 Å². The highest BCUT2D eigenvalue weighted by Crippen LogP contribution is 2.35. The molecule has 0 saturated carbocycles. The van der Waals surface area contributed by atoms with E-state index in [9.17, 15) is 33.6 Å². The van der Waals surface area contributed by atoms with Gasteiger partial charge >= 0.3 is 5.97 Å². The van der Waals surface area contributed by atoms with Gasteiger partial charge in [-0.05, 0) is 111 Å². The summed E-state index contributed by atoms with van der Waals surface area (Å²) in [7, 11) is 3.15. The quantitative estimate of drug-likeness (QED) is 0.0408. The Morgan fingerprint density at radius 1 is 0.729 bits per heavy atom. The van der Waals surface area contributed by atoms with Gasteiger partial charge in [-0.15, -0.1) is 0 Å². The van der Waals surface area contributed by atoms with Crippen molar-refractivity contribution >= 4 is 41.2 Å². The Morgan fingerprint density at radius 2 is 1.46 bits per heavy atom. The van der Waals surface area contributed by atoms with Crippen molar-refractivity contribution in [1.82, 2.24) is 15.1 Å². The summed E-state index contributed by atoms with van der Waals surface area (Å²) >= 11 is 0. The molecular formula is C55H61N3O12. The van der Waals surface area contributed by atoms with Gasteiger partial charge in [0.25, 0.3) is 11.8 Å². The number of methoxy groups -OCH3 is 2. The van der Waals surface area contributed by atoms with Crippen molar-refractivity contribution in [3.8, 4) is 23.0 Å². The number of carbonyl (C=O) groups is 7. The number of nitrogens with one attached hydrogen (secondary N) is 1. The van der Waals surface area contributed by atoms with E-state index in [1.54, 1.807) is 43.4 Å². The van der Waals surface area contributed by atoms with E-state index in [1.165, 1.54) is 12.1 Å². The fraction of sp³-hybridized carbons (Fsp3) is 0.400. The Kier molecular flexibility index (Phi) is 17.6. The van der Waals surface area contributed by atoms with Crippen LogP contribution in [-0.2, 0) is 41.6 Å². The zero-order chi connectivity index (χ0) is 49.6. The monoisotopic (exact) mass is 955 g/mol. The lowest BCUT2D eigenvalue weighted by molar-refractivity contribution is -0.162. The van der Waals surface area contributed by atoms with Crippen LogP contribution in [0.3, 0.4) is 0 Å². The molecule has 3 atom stereocenters. The molecule has 3 aliphatic heterocycles.